The molecule has 0 aromatic heterocycles. The molecule has 0 amide bonds. The summed E-state index contributed by atoms with van der Waals surface area (Å²) in [5.41, 5.74) is 7.13. The lowest BCUT2D eigenvalue weighted by Gasteiger charge is -2.14. The van der Waals surface area contributed by atoms with Crippen LogP contribution < -0.4 is 5.73 Å². The molecule has 1 unspecified atom stereocenters. The van der Waals surface area contributed by atoms with Crippen molar-refractivity contribution in [1.82, 2.24) is 0 Å². The van der Waals surface area contributed by atoms with Gasteiger partial charge >= 0.3 is 5.97 Å². The standard InChI is InChI=1S/C11H14ClNO3/c1-6-4-7(14)5-8(11(6)12)9(13)2-3-10(15)16/h4-5,9,14H,2-3,13H2,1H3,(H,15,16). The Hall–Kier alpha value is -1.26. The number of aromatic hydroxyl groups is 1. The lowest BCUT2D eigenvalue weighted by molar-refractivity contribution is -0.137. The maximum absolute atomic E-state index is 10.4. The molecule has 0 aliphatic heterocycles. The van der Waals surface area contributed by atoms with Crippen molar-refractivity contribution in [2.75, 3.05) is 0 Å². The summed E-state index contributed by atoms with van der Waals surface area (Å²) in [5.74, 6) is -0.814. The molecule has 0 aliphatic rings. The zero-order chi connectivity index (χ0) is 12.3. The molecule has 0 spiro atoms. The fourth-order valence-corrected chi connectivity index (χ4v) is 1.73. The first-order chi connectivity index (χ1) is 7.41. The highest BCUT2D eigenvalue weighted by Gasteiger charge is 2.14. The molecule has 0 aliphatic carbocycles. The molecule has 0 saturated carbocycles. The fraction of sp³-hybridized carbons (Fsp3) is 0.364. The van der Waals surface area contributed by atoms with E-state index in [2.05, 4.69) is 0 Å². The molecule has 0 heterocycles. The highest BCUT2D eigenvalue weighted by molar-refractivity contribution is 6.32. The molecule has 1 aromatic rings. The van der Waals surface area contributed by atoms with Crippen molar-refractivity contribution < 1.29 is 15.0 Å². The second-order valence-electron chi connectivity index (χ2n) is 3.70. The number of halogens is 1. The van der Waals surface area contributed by atoms with Crippen LogP contribution in [0.4, 0.5) is 0 Å². The quantitative estimate of drug-likeness (QED) is 0.757. The molecule has 4 nitrogen and oxygen atoms in total. The van der Waals surface area contributed by atoms with E-state index in [0.717, 1.165) is 5.56 Å². The smallest absolute Gasteiger partial charge is 0.303 e. The number of rotatable bonds is 4. The third-order valence-electron chi connectivity index (χ3n) is 2.34. The van der Waals surface area contributed by atoms with E-state index in [-0.39, 0.29) is 18.6 Å². The first kappa shape index (κ1) is 12.8. The number of carboxylic acid groups (broad SMARTS) is 1. The lowest BCUT2D eigenvalue weighted by Crippen LogP contribution is -2.13. The lowest BCUT2D eigenvalue weighted by atomic mass is 10.0. The van der Waals surface area contributed by atoms with Crippen LogP contribution in [0.25, 0.3) is 0 Å². The summed E-state index contributed by atoms with van der Waals surface area (Å²) in [4.78, 5) is 10.4. The number of phenols is 1. The van der Waals surface area contributed by atoms with Crippen LogP contribution in [0.15, 0.2) is 12.1 Å². The van der Waals surface area contributed by atoms with E-state index >= 15 is 0 Å². The van der Waals surface area contributed by atoms with Gasteiger partial charge in [0.25, 0.3) is 0 Å². The monoisotopic (exact) mass is 243 g/mol. The minimum atomic E-state index is -0.900. The minimum absolute atomic E-state index is 0.0216. The molecule has 1 aromatic carbocycles. The molecule has 16 heavy (non-hydrogen) atoms. The van der Waals surface area contributed by atoms with Crippen molar-refractivity contribution in [1.29, 1.82) is 0 Å². The van der Waals surface area contributed by atoms with Gasteiger partial charge in [0.2, 0.25) is 0 Å². The summed E-state index contributed by atoms with van der Waals surface area (Å²) in [6.45, 7) is 1.76. The number of aryl methyl sites for hydroxylation is 1. The predicted octanol–water partition coefficient (Wildman–Crippen LogP) is 2.22. The highest BCUT2D eigenvalue weighted by atomic mass is 35.5. The Labute approximate surface area is 98.6 Å². The topological polar surface area (TPSA) is 83.5 Å². The Bertz CT molecular complexity index is 406. The molecule has 4 N–H and O–H groups in total. The van der Waals surface area contributed by atoms with Crippen molar-refractivity contribution in [2.24, 2.45) is 5.73 Å². The van der Waals surface area contributed by atoms with E-state index in [1.165, 1.54) is 12.1 Å². The third kappa shape index (κ3) is 3.12. The summed E-state index contributed by atoms with van der Waals surface area (Å²) in [6, 6.07) is 2.53. The van der Waals surface area contributed by atoms with Crippen LogP contribution in [-0.2, 0) is 4.79 Å². The van der Waals surface area contributed by atoms with Crippen LogP contribution in [0.5, 0.6) is 5.75 Å². The van der Waals surface area contributed by atoms with Gasteiger partial charge in [-0.15, -0.1) is 0 Å². The summed E-state index contributed by atoms with van der Waals surface area (Å²) in [5, 5.41) is 18.4. The SMILES string of the molecule is Cc1cc(O)cc(C(N)CCC(=O)O)c1Cl. The molecule has 0 fully saturated rings. The van der Waals surface area contributed by atoms with Gasteiger partial charge in [0.15, 0.2) is 0 Å². The van der Waals surface area contributed by atoms with Crippen molar-refractivity contribution in [3.63, 3.8) is 0 Å². The van der Waals surface area contributed by atoms with Gasteiger partial charge in [-0.25, -0.2) is 0 Å². The average molecular weight is 244 g/mol. The normalized spacial score (nSPS) is 12.4. The Morgan fingerprint density at radius 2 is 2.19 bits per heavy atom. The van der Waals surface area contributed by atoms with E-state index in [4.69, 9.17) is 22.4 Å². The molecular formula is C11H14ClNO3. The minimum Gasteiger partial charge on any atom is -0.508 e. The number of benzene rings is 1. The van der Waals surface area contributed by atoms with Gasteiger partial charge in [-0.3, -0.25) is 4.79 Å². The van der Waals surface area contributed by atoms with E-state index in [1.807, 2.05) is 0 Å². The van der Waals surface area contributed by atoms with Crippen molar-refractivity contribution in [3.8, 4) is 5.75 Å². The number of nitrogens with two attached hydrogens (primary N) is 1. The number of hydrogen-bond donors (Lipinski definition) is 3. The summed E-state index contributed by atoms with van der Waals surface area (Å²) in [6.07, 6.45) is 0.268. The third-order valence-corrected chi connectivity index (χ3v) is 2.85. The van der Waals surface area contributed by atoms with Crippen LogP contribution in [0.2, 0.25) is 5.02 Å². The molecule has 1 rings (SSSR count). The Morgan fingerprint density at radius 3 is 2.75 bits per heavy atom. The van der Waals surface area contributed by atoms with E-state index < -0.39 is 12.0 Å². The van der Waals surface area contributed by atoms with Gasteiger partial charge in [-0.1, -0.05) is 11.6 Å². The second-order valence-corrected chi connectivity index (χ2v) is 4.08. The molecule has 5 heteroatoms. The number of hydrogen-bond acceptors (Lipinski definition) is 3. The summed E-state index contributed by atoms with van der Waals surface area (Å²) in [7, 11) is 0. The van der Waals surface area contributed by atoms with Crippen LogP contribution in [0.3, 0.4) is 0 Å². The van der Waals surface area contributed by atoms with Gasteiger partial charge in [0.1, 0.15) is 5.75 Å². The van der Waals surface area contributed by atoms with E-state index in [1.54, 1.807) is 6.92 Å². The maximum atomic E-state index is 10.4. The first-order valence-electron chi connectivity index (χ1n) is 4.88. The number of carbonyl (C=O) groups is 1. The first-order valence-corrected chi connectivity index (χ1v) is 5.26. The molecule has 1 atom stereocenters. The summed E-state index contributed by atoms with van der Waals surface area (Å²) < 4.78 is 0. The van der Waals surface area contributed by atoms with Crippen LogP contribution >= 0.6 is 11.6 Å². The van der Waals surface area contributed by atoms with E-state index in [0.29, 0.717) is 10.6 Å². The zero-order valence-electron chi connectivity index (χ0n) is 8.90. The predicted molar refractivity (Wildman–Crippen MR) is 61.7 cm³/mol. The van der Waals surface area contributed by atoms with E-state index in [9.17, 15) is 9.90 Å². The van der Waals surface area contributed by atoms with Crippen LogP contribution in [-0.4, -0.2) is 16.2 Å². The van der Waals surface area contributed by atoms with Gasteiger partial charge in [0, 0.05) is 17.5 Å². The fourth-order valence-electron chi connectivity index (χ4n) is 1.48. The van der Waals surface area contributed by atoms with Gasteiger partial charge in [0.05, 0.1) is 0 Å². The molecule has 0 radical (unpaired) electrons. The van der Waals surface area contributed by atoms with Crippen molar-refractivity contribution in [3.05, 3.63) is 28.3 Å². The van der Waals surface area contributed by atoms with Gasteiger partial charge in [-0.2, -0.15) is 0 Å². The number of carboxylic acids is 1. The van der Waals surface area contributed by atoms with Crippen molar-refractivity contribution >= 4 is 17.6 Å². The molecule has 88 valence electrons. The van der Waals surface area contributed by atoms with Crippen LogP contribution in [0, 0.1) is 6.92 Å². The number of aliphatic carboxylic acids is 1. The molecule has 0 saturated heterocycles. The van der Waals surface area contributed by atoms with Gasteiger partial charge in [-0.05, 0) is 36.6 Å². The molecule has 0 bridgehead atoms. The van der Waals surface area contributed by atoms with Gasteiger partial charge < -0.3 is 15.9 Å². The maximum Gasteiger partial charge on any atom is 0.303 e. The zero-order valence-corrected chi connectivity index (χ0v) is 9.66. The second kappa shape index (κ2) is 5.18. The Balaban J connectivity index is 2.90. The average Bonchev–Trinajstić information content (AvgIpc) is 2.19. The van der Waals surface area contributed by atoms with Crippen molar-refractivity contribution in [2.45, 2.75) is 25.8 Å². The summed E-state index contributed by atoms with van der Waals surface area (Å²) >= 11 is 6.04. The van der Waals surface area contributed by atoms with Crippen LogP contribution in [0.1, 0.15) is 30.0 Å². The number of phenolic OH excluding ortho intramolecular Hbond substituents is 1. The largest absolute Gasteiger partial charge is 0.508 e. The Kier molecular flexibility index (Phi) is 4.15. The highest BCUT2D eigenvalue weighted by Crippen LogP contribution is 2.31. The molecular weight excluding hydrogens is 230 g/mol. The Morgan fingerprint density at radius 1 is 1.56 bits per heavy atom.